The highest BCUT2D eigenvalue weighted by molar-refractivity contribution is 6.16. The summed E-state index contributed by atoms with van der Waals surface area (Å²) >= 11 is 0. The van der Waals surface area contributed by atoms with E-state index in [0.717, 1.165) is 51.0 Å². The van der Waals surface area contributed by atoms with Crippen LogP contribution in [0.25, 0.3) is 21.9 Å². The Morgan fingerprint density at radius 1 is 0.458 bits per heavy atom. The molecular formula is C44H29N3O. The Balaban J connectivity index is 1.24. The molecule has 3 aliphatic rings. The Bertz CT molecular complexity index is 2420. The standard InChI is InChI=1S/C44H29N3O/c1-3-13-28(14-4-1)41-45-42(29-15-5-2-6-16-29)47-43(46-41)32-23-24-33-34-25-30-17-7-8-18-31(30)26-38(34)44(37(33)27-32)35-19-9-11-21-39(35)48-40-22-12-10-20-36(40)44/h1-27,41H,(H,45,46,47). The van der Waals surface area contributed by atoms with Gasteiger partial charge in [0, 0.05) is 22.3 Å². The molecule has 226 valence electrons. The van der Waals surface area contributed by atoms with E-state index < -0.39 is 5.41 Å². The van der Waals surface area contributed by atoms with Gasteiger partial charge in [-0.25, -0.2) is 9.98 Å². The Kier molecular flexibility index (Phi) is 5.82. The fourth-order valence-electron chi connectivity index (χ4n) is 7.84. The molecule has 7 aromatic carbocycles. The zero-order chi connectivity index (χ0) is 31.7. The van der Waals surface area contributed by atoms with Gasteiger partial charge in [-0.15, -0.1) is 0 Å². The normalized spacial score (nSPS) is 16.5. The van der Waals surface area contributed by atoms with E-state index in [9.17, 15) is 0 Å². The highest BCUT2D eigenvalue weighted by Gasteiger charge is 2.51. The summed E-state index contributed by atoms with van der Waals surface area (Å²) in [5, 5.41) is 6.08. The lowest BCUT2D eigenvalue weighted by Gasteiger charge is -2.39. The SMILES string of the molecule is c1ccc(C2=NC(c3ccccc3)N=C(c3ccc4c(c3)C3(c5ccccc5Oc5ccccc53)c3cc5ccccc5cc3-4)N2)cc1. The van der Waals surface area contributed by atoms with Gasteiger partial charge in [-0.05, 0) is 68.9 Å². The third-order valence-electron chi connectivity index (χ3n) is 9.96. The number of nitrogens with zero attached hydrogens (tertiary/aromatic N) is 2. The molecule has 48 heavy (non-hydrogen) atoms. The number of aliphatic imine (C=N–C) groups is 2. The highest BCUT2D eigenvalue weighted by Crippen LogP contribution is 2.62. The molecule has 1 N–H and O–H groups in total. The van der Waals surface area contributed by atoms with Crippen molar-refractivity contribution in [3.63, 3.8) is 0 Å². The van der Waals surface area contributed by atoms with E-state index in [0.29, 0.717) is 0 Å². The topological polar surface area (TPSA) is 46.0 Å². The summed E-state index contributed by atoms with van der Waals surface area (Å²) in [5.41, 5.74) is 9.74. The van der Waals surface area contributed by atoms with E-state index in [1.165, 1.54) is 33.0 Å². The van der Waals surface area contributed by atoms with Crippen molar-refractivity contribution in [2.75, 3.05) is 0 Å². The smallest absolute Gasteiger partial charge is 0.169 e. The zero-order valence-corrected chi connectivity index (χ0v) is 26.0. The fraction of sp³-hybridized carbons (Fsp3) is 0.0455. The van der Waals surface area contributed by atoms with Crippen LogP contribution in [0.2, 0.25) is 0 Å². The third-order valence-corrected chi connectivity index (χ3v) is 9.96. The molecule has 1 aliphatic carbocycles. The molecule has 0 saturated carbocycles. The lowest BCUT2D eigenvalue weighted by atomic mass is 9.65. The molecule has 0 bridgehead atoms. The molecule has 4 nitrogen and oxygen atoms in total. The number of ether oxygens (including phenoxy) is 1. The van der Waals surface area contributed by atoms with Crippen molar-refractivity contribution < 1.29 is 4.74 Å². The summed E-state index contributed by atoms with van der Waals surface area (Å²) in [7, 11) is 0. The molecule has 7 aromatic rings. The van der Waals surface area contributed by atoms with Crippen molar-refractivity contribution in [1.82, 2.24) is 5.32 Å². The molecule has 0 saturated heterocycles. The number of amidine groups is 2. The molecule has 1 atom stereocenters. The number of fused-ring (bicyclic) bond motifs is 10. The molecule has 1 unspecified atom stereocenters. The van der Waals surface area contributed by atoms with Crippen molar-refractivity contribution in [3.8, 4) is 22.6 Å². The van der Waals surface area contributed by atoms with Gasteiger partial charge in [-0.3, -0.25) is 0 Å². The lowest BCUT2D eigenvalue weighted by molar-refractivity contribution is 0.436. The van der Waals surface area contributed by atoms with Gasteiger partial charge < -0.3 is 10.1 Å². The Labute approximate surface area is 278 Å². The molecule has 0 amide bonds. The Hall–Kier alpha value is -6.26. The van der Waals surface area contributed by atoms with Crippen LogP contribution in [0.5, 0.6) is 11.5 Å². The van der Waals surface area contributed by atoms with Crippen molar-refractivity contribution >= 4 is 22.4 Å². The average molecular weight is 616 g/mol. The van der Waals surface area contributed by atoms with E-state index in [2.05, 4.69) is 133 Å². The van der Waals surface area contributed by atoms with E-state index in [1.807, 2.05) is 36.4 Å². The molecular weight excluding hydrogens is 587 g/mol. The van der Waals surface area contributed by atoms with Crippen LogP contribution < -0.4 is 10.1 Å². The van der Waals surface area contributed by atoms with Crippen molar-refractivity contribution in [1.29, 1.82) is 0 Å². The van der Waals surface area contributed by atoms with Crippen molar-refractivity contribution in [2.45, 2.75) is 11.6 Å². The van der Waals surface area contributed by atoms with Crippen LogP contribution in [-0.4, -0.2) is 11.7 Å². The van der Waals surface area contributed by atoms with Gasteiger partial charge in [0.2, 0.25) is 0 Å². The van der Waals surface area contributed by atoms with Gasteiger partial charge in [-0.1, -0.05) is 133 Å². The van der Waals surface area contributed by atoms with Crippen LogP contribution in [0.1, 0.15) is 45.1 Å². The highest BCUT2D eigenvalue weighted by atomic mass is 16.5. The Morgan fingerprint density at radius 3 is 1.73 bits per heavy atom. The number of nitrogens with one attached hydrogen (secondary N) is 1. The average Bonchev–Trinajstić information content (AvgIpc) is 3.43. The molecule has 10 rings (SSSR count). The molecule has 0 aromatic heterocycles. The fourth-order valence-corrected chi connectivity index (χ4v) is 7.84. The second-order valence-electron chi connectivity index (χ2n) is 12.6. The van der Waals surface area contributed by atoms with E-state index >= 15 is 0 Å². The maximum atomic E-state index is 6.60. The quantitative estimate of drug-likeness (QED) is 0.215. The van der Waals surface area contributed by atoms with Crippen LogP contribution >= 0.6 is 0 Å². The molecule has 2 heterocycles. The van der Waals surface area contributed by atoms with Crippen molar-refractivity contribution in [2.24, 2.45) is 9.98 Å². The van der Waals surface area contributed by atoms with Gasteiger partial charge in [0.15, 0.2) is 6.17 Å². The predicted molar refractivity (Wildman–Crippen MR) is 193 cm³/mol. The zero-order valence-electron chi connectivity index (χ0n) is 26.0. The van der Waals surface area contributed by atoms with Gasteiger partial charge in [0.05, 0.1) is 5.41 Å². The molecule has 2 aliphatic heterocycles. The third kappa shape index (κ3) is 3.90. The number of rotatable bonds is 3. The summed E-state index contributed by atoms with van der Waals surface area (Å²) in [6.45, 7) is 0. The monoisotopic (exact) mass is 615 g/mol. The van der Waals surface area contributed by atoms with Crippen LogP contribution in [0.4, 0.5) is 0 Å². The molecule has 0 fully saturated rings. The van der Waals surface area contributed by atoms with Crippen molar-refractivity contribution in [3.05, 3.63) is 203 Å². The minimum Gasteiger partial charge on any atom is -0.457 e. The first-order valence-corrected chi connectivity index (χ1v) is 16.4. The minimum atomic E-state index is -0.583. The first-order valence-electron chi connectivity index (χ1n) is 16.4. The maximum absolute atomic E-state index is 6.60. The van der Waals surface area contributed by atoms with Crippen LogP contribution in [-0.2, 0) is 5.41 Å². The van der Waals surface area contributed by atoms with Crippen LogP contribution in [0.3, 0.4) is 0 Å². The summed E-state index contributed by atoms with van der Waals surface area (Å²) in [4.78, 5) is 10.3. The first kappa shape index (κ1) is 26.9. The largest absolute Gasteiger partial charge is 0.457 e. The maximum Gasteiger partial charge on any atom is 0.169 e. The number of hydrogen-bond donors (Lipinski definition) is 1. The molecule has 0 radical (unpaired) electrons. The van der Waals surface area contributed by atoms with Gasteiger partial charge >= 0.3 is 0 Å². The van der Waals surface area contributed by atoms with Crippen LogP contribution in [0.15, 0.2) is 174 Å². The molecule has 4 heteroatoms. The molecule has 1 spiro atoms. The predicted octanol–water partition coefficient (Wildman–Crippen LogP) is 9.80. The lowest BCUT2D eigenvalue weighted by Crippen LogP contribution is -2.36. The minimum absolute atomic E-state index is 0.369. The summed E-state index contributed by atoms with van der Waals surface area (Å²) in [6, 6.07) is 57.9. The number of benzene rings is 7. The summed E-state index contributed by atoms with van der Waals surface area (Å²) in [5.74, 6) is 3.36. The van der Waals surface area contributed by atoms with Gasteiger partial charge in [0.25, 0.3) is 0 Å². The Morgan fingerprint density at radius 2 is 1.02 bits per heavy atom. The second kappa shape index (κ2) is 10.4. The van der Waals surface area contributed by atoms with Crippen LogP contribution in [0, 0.1) is 0 Å². The first-order chi connectivity index (χ1) is 23.8. The number of para-hydroxylation sites is 2. The van der Waals surface area contributed by atoms with Gasteiger partial charge in [-0.2, -0.15) is 0 Å². The second-order valence-corrected chi connectivity index (χ2v) is 12.6. The summed E-state index contributed by atoms with van der Waals surface area (Å²) in [6.07, 6.45) is -0.369. The van der Waals surface area contributed by atoms with E-state index in [4.69, 9.17) is 14.7 Å². The van der Waals surface area contributed by atoms with Gasteiger partial charge in [0.1, 0.15) is 23.2 Å². The van der Waals surface area contributed by atoms with E-state index in [1.54, 1.807) is 0 Å². The van der Waals surface area contributed by atoms with E-state index in [-0.39, 0.29) is 6.17 Å². The summed E-state index contributed by atoms with van der Waals surface area (Å²) < 4.78 is 6.60. The number of hydrogen-bond acceptors (Lipinski definition) is 4.